The average Bonchev–Trinajstić information content (AvgIpc) is 3.06. The van der Waals surface area contributed by atoms with Gasteiger partial charge in [0.1, 0.15) is 0 Å². The van der Waals surface area contributed by atoms with Crippen LogP contribution in [-0.4, -0.2) is 26.1 Å². The zero-order chi connectivity index (χ0) is 22.0. The molecule has 0 amide bonds. The van der Waals surface area contributed by atoms with Gasteiger partial charge >= 0.3 is 0 Å². The van der Waals surface area contributed by atoms with Crippen molar-refractivity contribution in [3.8, 4) is 0 Å². The number of benzene rings is 2. The van der Waals surface area contributed by atoms with Crippen LogP contribution in [-0.2, 0) is 6.42 Å². The summed E-state index contributed by atoms with van der Waals surface area (Å²) in [7, 11) is 0. The summed E-state index contributed by atoms with van der Waals surface area (Å²) in [6.07, 6.45) is 4.85. The van der Waals surface area contributed by atoms with Gasteiger partial charge in [-0.05, 0) is 56.7 Å². The van der Waals surface area contributed by atoms with Crippen molar-refractivity contribution in [3.63, 3.8) is 0 Å². The van der Waals surface area contributed by atoms with Gasteiger partial charge in [0.2, 0.25) is 5.62 Å². The Morgan fingerprint density at radius 2 is 1.58 bits per heavy atom. The van der Waals surface area contributed by atoms with Crippen LogP contribution in [0, 0.1) is 19.3 Å². The number of hydrogen-bond donors (Lipinski definition) is 1. The van der Waals surface area contributed by atoms with E-state index in [1.54, 1.807) is 0 Å². The van der Waals surface area contributed by atoms with Crippen molar-refractivity contribution >= 4 is 22.9 Å². The molecule has 2 heterocycles. The Bertz CT molecular complexity index is 1220. The molecule has 0 saturated carbocycles. The number of aromatic nitrogens is 3. The van der Waals surface area contributed by atoms with E-state index in [9.17, 15) is 5.41 Å². The molecule has 2 atom stereocenters. The lowest BCUT2D eigenvalue weighted by Gasteiger charge is -2.19. The Labute approximate surface area is 188 Å². The first kappa shape index (κ1) is 21.4. The van der Waals surface area contributed by atoms with Gasteiger partial charge in [0.15, 0.2) is 5.65 Å². The molecule has 0 saturated heterocycles. The molecule has 31 heavy (non-hydrogen) atoms. The Kier molecular flexibility index (Phi) is 6.33. The molecule has 0 bridgehead atoms. The lowest BCUT2D eigenvalue weighted by molar-refractivity contribution is 0.501. The normalized spacial score (nSPS) is 13.4. The SMILES string of the molecule is CSCC(Cc1ccc(C)cc1)n1c(=N)n(C(C)c2ccc(C)cc2)c2cccnc21. The lowest BCUT2D eigenvalue weighted by Crippen LogP contribution is -2.31. The van der Waals surface area contributed by atoms with Crippen LogP contribution in [0.15, 0.2) is 66.9 Å². The maximum atomic E-state index is 9.18. The topological polar surface area (TPSA) is 46.6 Å². The summed E-state index contributed by atoms with van der Waals surface area (Å²) in [6, 6.07) is 21.6. The van der Waals surface area contributed by atoms with E-state index >= 15 is 0 Å². The highest BCUT2D eigenvalue weighted by Gasteiger charge is 2.22. The second-order valence-electron chi connectivity index (χ2n) is 8.30. The standard InChI is InChI=1S/C26H30N4S/c1-18-7-11-21(12-8-18)16-23(17-31-4)30-25-24(6-5-15-28-25)29(26(30)27)20(3)22-13-9-19(2)10-14-22/h5-15,20,23,27H,16-17H2,1-4H3. The Morgan fingerprint density at radius 1 is 0.935 bits per heavy atom. The van der Waals surface area contributed by atoms with Crippen molar-refractivity contribution in [1.29, 1.82) is 5.41 Å². The van der Waals surface area contributed by atoms with Crippen LogP contribution in [0.5, 0.6) is 0 Å². The molecule has 2 unspecified atom stereocenters. The fourth-order valence-corrected chi connectivity index (χ4v) is 4.89. The summed E-state index contributed by atoms with van der Waals surface area (Å²) >= 11 is 1.82. The van der Waals surface area contributed by atoms with Crippen molar-refractivity contribution in [3.05, 3.63) is 94.7 Å². The largest absolute Gasteiger partial charge is 0.302 e. The number of nitrogens with zero attached hydrogens (tertiary/aromatic N) is 3. The van der Waals surface area contributed by atoms with E-state index in [1.165, 1.54) is 22.3 Å². The minimum absolute atomic E-state index is 0.0513. The molecule has 4 aromatic rings. The molecule has 1 N–H and O–H groups in total. The van der Waals surface area contributed by atoms with Gasteiger partial charge in [-0.25, -0.2) is 4.98 Å². The van der Waals surface area contributed by atoms with Gasteiger partial charge in [-0.1, -0.05) is 59.7 Å². The number of aryl methyl sites for hydroxylation is 2. The molecule has 2 aromatic heterocycles. The summed E-state index contributed by atoms with van der Waals surface area (Å²) in [5.41, 5.74) is 7.41. The number of hydrogen-bond acceptors (Lipinski definition) is 3. The molecule has 0 radical (unpaired) electrons. The average molecular weight is 431 g/mol. The number of imidazole rings is 1. The second kappa shape index (κ2) is 9.15. The van der Waals surface area contributed by atoms with Crippen LogP contribution in [0.25, 0.3) is 11.2 Å². The number of rotatable bonds is 7. The highest BCUT2D eigenvalue weighted by Crippen LogP contribution is 2.26. The number of thioether (sulfide) groups is 1. The maximum Gasteiger partial charge on any atom is 0.205 e. The zero-order valence-corrected chi connectivity index (χ0v) is 19.5. The first-order valence-corrected chi connectivity index (χ1v) is 12.1. The summed E-state index contributed by atoms with van der Waals surface area (Å²) < 4.78 is 4.26. The van der Waals surface area contributed by atoms with Crippen molar-refractivity contribution in [2.24, 2.45) is 0 Å². The Morgan fingerprint density at radius 3 is 2.23 bits per heavy atom. The highest BCUT2D eigenvalue weighted by molar-refractivity contribution is 7.98. The molecule has 0 fully saturated rings. The van der Waals surface area contributed by atoms with Crippen molar-refractivity contribution in [1.82, 2.24) is 14.1 Å². The van der Waals surface area contributed by atoms with Gasteiger partial charge < -0.3 is 4.57 Å². The summed E-state index contributed by atoms with van der Waals surface area (Å²) in [5.74, 6) is 0.930. The molecular formula is C26H30N4S. The molecule has 160 valence electrons. The monoisotopic (exact) mass is 430 g/mol. The second-order valence-corrected chi connectivity index (χ2v) is 9.21. The Balaban J connectivity index is 1.83. The molecular weight excluding hydrogens is 400 g/mol. The fourth-order valence-electron chi connectivity index (χ4n) is 4.24. The Hall–Kier alpha value is -2.79. The first-order valence-electron chi connectivity index (χ1n) is 10.7. The van der Waals surface area contributed by atoms with Crippen LogP contribution < -0.4 is 5.62 Å². The van der Waals surface area contributed by atoms with E-state index < -0.39 is 0 Å². The molecule has 4 nitrogen and oxygen atoms in total. The van der Waals surface area contributed by atoms with Gasteiger partial charge in [0.25, 0.3) is 0 Å². The van der Waals surface area contributed by atoms with Crippen LogP contribution in [0.1, 0.15) is 41.3 Å². The van der Waals surface area contributed by atoms with E-state index in [0.717, 1.165) is 23.3 Å². The predicted molar refractivity (Wildman–Crippen MR) is 131 cm³/mol. The van der Waals surface area contributed by atoms with Crippen LogP contribution in [0.4, 0.5) is 0 Å². The third-order valence-corrected chi connectivity index (χ3v) is 6.69. The van der Waals surface area contributed by atoms with Crippen molar-refractivity contribution < 1.29 is 0 Å². The van der Waals surface area contributed by atoms with Crippen LogP contribution in [0.3, 0.4) is 0 Å². The van der Waals surface area contributed by atoms with E-state index in [2.05, 4.69) is 90.8 Å². The van der Waals surface area contributed by atoms with Crippen molar-refractivity contribution in [2.75, 3.05) is 12.0 Å². The van der Waals surface area contributed by atoms with Gasteiger partial charge in [-0.15, -0.1) is 0 Å². The molecule has 0 aliphatic rings. The molecule has 0 aliphatic carbocycles. The number of nitrogens with one attached hydrogen (secondary N) is 1. The molecule has 2 aromatic carbocycles. The van der Waals surface area contributed by atoms with Crippen molar-refractivity contribution in [2.45, 2.75) is 39.3 Å². The molecule has 5 heteroatoms. The quantitative estimate of drug-likeness (QED) is 0.409. The third-order valence-electron chi connectivity index (χ3n) is 5.97. The first-order chi connectivity index (χ1) is 15.0. The van der Waals surface area contributed by atoms with Gasteiger partial charge in [-0.2, -0.15) is 11.8 Å². The predicted octanol–water partition coefficient (Wildman–Crippen LogP) is 5.69. The van der Waals surface area contributed by atoms with Gasteiger partial charge in [-0.3, -0.25) is 9.98 Å². The van der Waals surface area contributed by atoms with Gasteiger partial charge in [0.05, 0.1) is 17.6 Å². The molecule has 4 rings (SSSR count). The maximum absolute atomic E-state index is 9.18. The summed E-state index contributed by atoms with van der Waals surface area (Å²) in [6.45, 7) is 6.39. The van der Waals surface area contributed by atoms with E-state index in [4.69, 9.17) is 4.98 Å². The smallest absolute Gasteiger partial charge is 0.205 e. The van der Waals surface area contributed by atoms with E-state index in [1.807, 2.05) is 24.0 Å². The van der Waals surface area contributed by atoms with Gasteiger partial charge in [0, 0.05) is 11.9 Å². The summed E-state index contributed by atoms with van der Waals surface area (Å²) in [4.78, 5) is 4.72. The number of fused-ring (bicyclic) bond motifs is 1. The fraction of sp³-hybridized carbons (Fsp3) is 0.308. The van der Waals surface area contributed by atoms with Crippen LogP contribution >= 0.6 is 11.8 Å². The van der Waals surface area contributed by atoms with E-state index in [-0.39, 0.29) is 12.1 Å². The minimum Gasteiger partial charge on any atom is -0.302 e. The third kappa shape index (κ3) is 4.33. The summed E-state index contributed by atoms with van der Waals surface area (Å²) in [5, 5.41) is 9.18. The molecule has 0 spiro atoms. The van der Waals surface area contributed by atoms with E-state index in [0.29, 0.717) is 5.62 Å². The lowest BCUT2D eigenvalue weighted by atomic mass is 10.1. The highest BCUT2D eigenvalue weighted by atomic mass is 32.2. The molecule has 0 aliphatic heterocycles. The number of pyridine rings is 1. The minimum atomic E-state index is 0.0513. The zero-order valence-electron chi connectivity index (χ0n) is 18.7. The van der Waals surface area contributed by atoms with Crippen LogP contribution in [0.2, 0.25) is 0 Å².